The van der Waals surface area contributed by atoms with Crippen molar-refractivity contribution in [2.75, 3.05) is 4.90 Å². The molecule has 0 spiro atoms. The maximum atomic E-state index is 14.8. The molecule has 1 aliphatic heterocycles. The third-order valence-corrected chi connectivity index (χ3v) is 5.18. The van der Waals surface area contributed by atoms with E-state index >= 15 is 0 Å². The Morgan fingerprint density at radius 3 is 2.50 bits per heavy atom. The zero-order valence-electron chi connectivity index (χ0n) is 16.2. The minimum Gasteiger partial charge on any atom is -0.415 e. The van der Waals surface area contributed by atoms with E-state index in [0.29, 0.717) is 22.3 Å². The SMILES string of the molecule is O=C1c2cc(-c3nnc(C(F)F)o3)ccc2CN1c1cccc(F)c1-c1cccc(F)c1. The molecule has 0 atom stereocenters. The Labute approximate surface area is 178 Å². The lowest BCUT2D eigenvalue weighted by Gasteiger charge is -2.20. The highest BCUT2D eigenvalue weighted by Gasteiger charge is 2.32. The highest BCUT2D eigenvalue weighted by Crippen LogP contribution is 2.38. The van der Waals surface area contributed by atoms with Crippen LogP contribution in [-0.4, -0.2) is 16.1 Å². The number of halogens is 4. The van der Waals surface area contributed by atoms with Gasteiger partial charge in [-0.15, -0.1) is 10.2 Å². The van der Waals surface area contributed by atoms with E-state index in [-0.39, 0.29) is 23.7 Å². The lowest BCUT2D eigenvalue weighted by molar-refractivity contribution is 0.0996. The summed E-state index contributed by atoms with van der Waals surface area (Å²) < 4.78 is 59.0. The van der Waals surface area contributed by atoms with Crippen LogP contribution in [0.25, 0.3) is 22.6 Å². The molecule has 0 radical (unpaired) electrons. The molecule has 4 aromatic rings. The van der Waals surface area contributed by atoms with Crippen LogP contribution in [0.5, 0.6) is 0 Å². The number of nitrogens with zero attached hydrogens (tertiary/aromatic N) is 3. The zero-order chi connectivity index (χ0) is 22.4. The second-order valence-corrected chi connectivity index (χ2v) is 7.15. The number of aromatic nitrogens is 2. The molecule has 9 heteroatoms. The third-order valence-electron chi connectivity index (χ3n) is 5.18. The fourth-order valence-corrected chi connectivity index (χ4v) is 3.74. The van der Waals surface area contributed by atoms with Crippen molar-refractivity contribution >= 4 is 11.6 Å². The van der Waals surface area contributed by atoms with Crippen LogP contribution < -0.4 is 4.90 Å². The highest BCUT2D eigenvalue weighted by molar-refractivity contribution is 6.12. The van der Waals surface area contributed by atoms with Gasteiger partial charge in [0.15, 0.2) is 0 Å². The van der Waals surface area contributed by atoms with Crippen molar-refractivity contribution < 1.29 is 26.8 Å². The van der Waals surface area contributed by atoms with E-state index in [0.717, 1.165) is 0 Å². The molecule has 0 saturated carbocycles. The lowest BCUT2D eigenvalue weighted by atomic mass is 10.0. The van der Waals surface area contributed by atoms with Gasteiger partial charge in [-0.05, 0) is 47.5 Å². The average Bonchev–Trinajstić information content (AvgIpc) is 3.39. The predicted octanol–water partition coefficient (Wildman–Crippen LogP) is 5.78. The Balaban J connectivity index is 1.54. The molecule has 0 N–H and O–H groups in total. The van der Waals surface area contributed by atoms with Gasteiger partial charge in [0.05, 0.1) is 12.2 Å². The first kappa shape index (κ1) is 19.9. The standard InChI is InChI=1S/C23H13F4N3O2/c24-15-4-1-3-12(9-15)19-17(25)5-2-6-18(19)30-11-14-8-7-13(10-16(14)23(30)31)21-28-29-22(32-21)20(26)27/h1-10,20H,11H2. The predicted molar refractivity (Wildman–Crippen MR) is 107 cm³/mol. The number of anilines is 1. The monoisotopic (exact) mass is 439 g/mol. The van der Waals surface area contributed by atoms with Crippen LogP contribution in [0.15, 0.2) is 65.1 Å². The number of amides is 1. The number of benzene rings is 3. The molecule has 3 aromatic carbocycles. The summed E-state index contributed by atoms with van der Waals surface area (Å²) in [4.78, 5) is 14.6. The van der Waals surface area contributed by atoms with Gasteiger partial charge in [-0.1, -0.05) is 24.3 Å². The second-order valence-electron chi connectivity index (χ2n) is 7.15. The number of carbonyl (C=O) groups is 1. The van der Waals surface area contributed by atoms with Crippen molar-refractivity contribution in [2.45, 2.75) is 13.0 Å². The van der Waals surface area contributed by atoms with Gasteiger partial charge in [-0.3, -0.25) is 4.79 Å². The Morgan fingerprint density at radius 1 is 0.938 bits per heavy atom. The minimum absolute atomic E-state index is 0.104. The van der Waals surface area contributed by atoms with Gasteiger partial charge in [0, 0.05) is 16.7 Å². The van der Waals surface area contributed by atoms with E-state index in [2.05, 4.69) is 10.2 Å². The summed E-state index contributed by atoms with van der Waals surface area (Å²) in [6.07, 6.45) is -2.91. The van der Waals surface area contributed by atoms with Gasteiger partial charge in [0.1, 0.15) is 11.6 Å². The van der Waals surface area contributed by atoms with Gasteiger partial charge < -0.3 is 9.32 Å². The molecular formula is C23H13F4N3O2. The van der Waals surface area contributed by atoms with Gasteiger partial charge in [-0.25, -0.2) is 8.78 Å². The summed E-state index contributed by atoms with van der Waals surface area (Å²) in [6, 6.07) is 14.5. The molecule has 0 aliphatic carbocycles. The molecular weight excluding hydrogens is 426 g/mol. The van der Waals surface area contributed by atoms with Crippen LogP contribution in [0, 0.1) is 11.6 Å². The molecule has 0 bridgehead atoms. The molecule has 5 nitrogen and oxygen atoms in total. The molecule has 0 fully saturated rings. The van der Waals surface area contributed by atoms with Gasteiger partial charge in [0.25, 0.3) is 11.8 Å². The smallest absolute Gasteiger partial charge is 0.314 e. The highest BCUT2D eigenvalue weighted by atomic mass is 19.3. The molecule has 160 valence electrons. The maximum absolute atomic E-state index is 14.8. The van der Waals surface area contributed by atoms with Crippen molar-refractivity contribution in [3.63, 3.8) is 0 Å². The first-order chi connectivity index (χ1) is 15.4. The Bertz CT molecular complexity index is 1350. The number of fused-ring (bicyclic) bond motifs is 1. The third kappa shape index (κ3) is 3.31. The van der Waals surface area contributed by atoms with Gasteiger partial charge in [0.2, 0.25) is 5.89 Å². The van der Waals surface area contributed by atoms with Crippen molar-refractivity contribution in [1.29, 1.82) is 0 Å². The Kier molecular flexibility index (Phi) is 4.73. The molecule has 0 unspecified atom stereocenters. The van der Waals surface area contributed by atoms with Gasteiger partial charge >= 0.3 is 6.43 Å². The van der Waals surface area contributed by atoms with E-state index in [9.17, 15) is 22.4 Å². The first-order valence-electron chi connectivity index (χ1n) is 9.53. The fourth-order valence-electron chi connectivity index (χ4n) is 3.74. The lowest BCUT2D eigenvalue weighted by Crippen LogP contribution is -2.24. The summed E-state index contributed by atoms with van der Waals surface area (Å²) in [7, 11) is 0. The number of carbonyl (C=O) groups excluding carboxylic acids is 1. The molecule has 1 aromatic heterocycles. The van der Waals surface area contributed by atoms with E-state index in [1.807, 2.05) is 0 Å². The molecule has 2 heterocycles. The topological polar surface area (TPSA) is 59.2 Å². The van der Waals surface area contributed by atoms with Crippen molar-refractivity contribution in [3.05, 3.63) is 89.3 Å². The maximum Gasteiger partial charge on any atom is 0.314 e. The fraction of sp³-hybridized carbons (Fsp3) is 0.0870. The Hall–Kier alpha value is -4.01. The number of hydrogen-bond donors (Lipinski definition) is 0. The van der Waals surface area contributed by atoms with Crippen LogP contribution in [0.4, 0.5) is 23.2 Å². The molecule has 1 aliphatic rings. The van der Waals surface area contributed by atoms with E-state index in [4.69, 9.17) is 4.42 Å². The van der Waals surface area contributed by atoms with Crippen LogP contribution in [0.1, 0.15) is 28.2 Å². The zero-order valence-corrected chi connectivity index (χ0v) is 16.2. The van der Waals surface area contributed by atoms with E-state index < -0.39 is 29.9 Å². The van der Waals surface area contributed by atoms with Crippen LogP contribution in [-0.2, 0) is 6.54 Å². The van der Waals surface area contributed by atoms with Crippen molar-refractivity contribution in [2.24, 2.45) is 0 Å². The average molecular weight is 439 g/mol. The first-order valence-corrected chi connectivity index (χ1v) is 9.53. The number of hydrogen-bond acceptors (Lipinski definition) is 4. The molecule has 1 amide bonds. The van der Waals surface area contributed by atoms with Crippen molar-refractivity contribution in [3.8, 4) is 22.6 Å². The summed E-state index contributed by atoms with van der Waals surface area (Å²) in [5, 5.41) is 6.90. The van der Waals surface area contributed by atoms with Crippen molar-refractivity contribution in [1.82, 2.24) is 10.2 Å². The van der Waals surface area contributed by atoms with Crippen LogP contribution in [0.3, 0.4) is 0 Å². The largest absolute Gasteiger partial charge is 0.415 e. The van der Waals surface area contributed by atoms with Crippen LogP contribution >= 0.6 is 0 Å². The summed E-state index contributed by atoms with van der Waals surface area (Å²) in [5.41, 5.74) is 1.95. The van der Waals surface area contributed by atoms with Crippen LogP contribution in [0.2, 0.25) is 0 Å². The second kappa shape index (κ2) is 7.60. The van der Waals surface area contributed by atoms with E-state index in [1.165, 1.54) is 41.3 Å². The molecule has 32 heavy (non-hydrogen) atoms. The number of alkyl halides is 2. The Morgan fingerprint density at radius 2 is 1.75 bits per heavy atom. The molecule has 5 rings (SSSR count). The summed E-state index contributed by atoms with van der Waals surface area (Å²) >= 11 is 0. The minimum atomic E-state index is -2.91. The molecule has 0 saturated heterocycles. The van der Waals surface area contributed by atoms with E-state index in [1.54, 1.807) is 24.3 Å². The van der Waals surface area contributed by atoms with Gasteiger partial charge in [-0.2, -0.15) is 8.78 Å². The number of rotatable bonds is 4. The summed E-state index contributed by atoms with van der Waals surface area (Å²) in [5.74, 6) is -2.49. The normalized spacial score (nSPS) is 13.2. The summed E-state index contributed by atoms with van der Waals surface area (Å²) in [6.45, 7) is 0.159. The quantitative estimate of drug-likeness (QED) is 0.378.